The van der Waals surface area contributed by atoms with Crippen molar-refractivity contribution in [1.82, 2.24) is 4.98 Å². The van der Waals surface area contributed by atoms with E-state index in [1.807, 2.05) is 0 Å². The number of hydrogen-bond acceptors (Lipinski definition) is 5. The summed E-state index contributed by atoms with van der Waals surface area (Å²) in [6, 6.07) is 4.64. The SMILES string of the molecule is COC(=O)c1c[nH]c2ccc(C(O)C(O)C(N)=O)cc12. The molecule has 1 heterocycles. The van der Waals surface area contributed by atoms with Gasteiger partial charge < -0.3 is 25.7 Å². The van der Waals surface area contributed by atoms with Gasteiger partial charge in [-0.3, -0.25) is 4.79 Å². The van der Waals surface area contributed by atoms with Gasteiger partial charge in [0.25, 0.3) is 0 Å². The third-order valence-electron chi connectivity index (χ3n) is 3.04. The Morgan fingerprint density at radius 1 is 1.35 bits per heavy atom. The van der Waals surface area contributed by atoms with Crippen LogP contribution in [0, 0.1) is 0 Å². The van der Waals surface area contributed by atoms with Crippen molar-refractivity contribution in [3.05, 3.63) is 35.5 Å². The molecule has 0 bridgehead atoms. The quantitative estimate of drug-likeness (QED) is 0.578. The Kier molecular flexibility index (Phi) is 3.73. The Morgan fingerprint density at radius 2 is 2.05 bits per heavy atom. The molecule has 1 amide bonds. The summed E-state index contributed by atoms with van der Waals surface area (Å²) in [5, 5.41) is 19.9. The first-order valence-electron chi connectivity index (χ1n) is 5.80. The molecule has 2 unspecified atom stereocenters. The Labute approximate surface area is 114 Å². The van der Waals surface area contributed by atoms with E-state index in [4.69, 9.17) is 5.73 Å². The van der Waals surface area contributed by atoms with Crippen LogP contribution in [0.15, 0.2) is 24.4 Å². The summed E-state index contributed by atoms with van der Waals surface area (Å²) >= 11 is 0. The van der Waals surface area contributed by atoms with Gasteiger partial charge in [0.1, 0.15) is 6.10 Å². The monoisotopic (exact) mass is 278 g/mol. The number of rotatable bonds is 4. The number of hydrogen-bond donors (Lipinski definition) is 4. The lowest BCUT2D eigenvalue weighted by atomic mass is 10.0. The van der Waals surface area contributed by atoms with Crippen LogP contribution in [0.5, 0.6) is 0 Å². The van der Waals surface area contributed by atoms with E-state index in [0.717, 1.165) is 0 Å². The number of fused-ring (bicyclic) bond motifs is 1. The number of benzene rings is 1. The number of primary amides is 1. The third kappa shape index (κ3) is 2.36. The average Bonchev–Trinajstić information content (AvgIpc) is 2.87. The van der Waals surface area contributed by atoms with Gasteiger partial charge >= 0.3 is 5.97 Å². The maximum absolute atomic E-state index is 11.6. The number of methoxy groups -OCH3 is 1. The molecule has 0 saturated carbocycles. The van der Waals surface area contributed by atoms with E-state index in [0.29, 0.717) is 16.5 Å². The predicted octanol–water partition coefficient (Wildman–Crippen LogP) is -0.166. The lowest BCUT2D eigenvalue weighted by molar-refractivity contribution is -0.131. The number of ether oxygens (including phenoxy) is 1. The highest BCUT2D eigenvalue weighted by atomic mass is 16.5. The number of H-pyrrole nitrogens is 1. The summed E-state index contributed by atoms with van der Waals surface area (Å²) in [7, 11) is 1.26. The van der Waals surface area contributed by atoms with E-state index in [-0.39, 0.29) is 5.56 Å². The van der Waals surface area contributed by atoms with E-state index in [1.165, 1.54) is 25.4 Å². The van der Waals surface area contributed by atoms with Crippen molar-refractivity contribution in [1.29, 1.82) is 0 Å². The molecule has 7 nitrogen and oxygen atoms in total. The van der Waals surface area contributed by atoms with Gasteiger partial charge in [-0.05, 0) is 17.7 Å². The Balaban J connectivity index is 2.47. The highest BCUT2D eigenvalue weighted by molar-refractivity contribution is 6.04. The van der Waals surface area contributed by atoms with Crippen LogP contribution < -0.4 is 5.73 Å². The Bertz CT molecular complexity index is 664. The van der Waals surface area contributed by atoms with Gasteiger partial charge in [-0.1, -0.05) is 6.07 Å². The fraction of sp³-hybridized carbons (Fsp3) is 0.231. The molecular weight excluding hydrogens is 264 g/mol. The molecule has 0 spiro atoms. The predicted molar refractivity (Wildman–Crippen MR) is 69.8 cm³/mol. The molecule has 106 valence electrons. The summed E-state index contributed by atoms with van der Waals surface area (Å²) < 4.78 is 4.64. The number of amides is 1. The normalized spacial score (nSPS) is 13.9. The van der Waals surface area contributed by atoms with Crippen LogP contribution >= 0.6 is 0 Å². The zero-order chi connectivity index (χ0) is 14.9. The molecule has 2 atom stereocenters. The van der Waals surface area contributed by atoms with E-state index in [2.05, 4.69) is 9.72 Å². The van der Waals surface area contributed by atoms with Gasteiger partial charge in [0.2, 0.25) is 5.91 Å². The van der Waals surface area contributed by atoms with Crippen LogP contribution in [0.2, 0.25) is 0 Å². The fourth-order valence-corrected chi connectivity index (χ4v) is 1.94. The molecule has 0 radical (unpaired) electrons. The second-order valence-electron chi connectivity index (χ2n) is 4.29. The van der Waals surface area contributed by atoms with Crippen molar-refractivity contribution >= 4 is 22.8 Å². The van der Waals surface area contributed by atoms with Gasteiger partial charge in [0.15, 0.2) is 6.10 Å². The number of aromatic nitrogens is 1. The maximum Gasteiger partial charge on any atom is 0.340 e. The first kappa shape index (κ1) is 14.0. The van der Waals surface area contributed by atoms with Gasteiger partial charge in [0, 0.05) is 17.1 Å². The van der Waals surface area contributed by atoms with Gasteiger partial charge in [-0.25, -0.2) is 4.79 Å². The largest absolute Gasteiger partial charge is 0.465 e. The van der Waals surface area contributed by atoms with Crippen molar-refractivity contribution in [2.75, 3.05) is 7.11 Å². The Hall–Kier alpha value is -2.38. The summed E-state index contributed by atoms with van der Waals surface area (Å²) in [6.07, 6.45) is -1.69. The molecule has 1 aromatic heterocycles. The fourth-order valence-electron chi connectivity index (χ4n) is 1.94. The molecule has 0 aliphatic heterocycles. The number of aliphatic hydroxyl groups excluding tert-OH is 2. The van der Waals surface area contributed by atoms with Crippen LogP contribution in [-0.4, -0.2) is 40.3 Å². The molecule has 20 heavy (non-hydrogen) atoms. The number of esters is 1. The van der Waals surface area contributed by atoms with Crippen LogP contribution in [-0.2, 0) is 9.53 Å². The lowest BCUT2D eigenvalue weighted by Gasteiger charge is -2.15. The minimum atomic E-state index is -1.71. The van der Waals surface area contributed by atoms with Crippen LogP contribution in [0.3, 0.4) is 0 Å². The second-order valence-corrected chi connectivity index (χ2v) is 4.29. The van der Waals surface area contributed by atoms with E-state index < -0.39 is 24.1 Å². The molecule has 0 saturated heterocycles. The molecule has 2 rings (SSSR count). The molecule has 7 heteroatoms. The van der Waals surface area contributed by atoms with Gasteiger partial charge in [-0.2, -0.15) is 0 Å². The minimum Gasteiger partial charge on any atom is -0.465 e. The van der Waals surface area contributed by atoms with Gasteiger partial charge in [0.05, 0.1) is 12.7 Å². The van der Waals surface area contributed by atoms with E-state index >= 15 is 0 Å². The second kappa shape index (κ2) is 5.32. The molecular formula is C13H14N2O5. The number of nitrogens with one attached hydrogen (secondary N) is 1. The van der Waals surface area contributed by atoms with Gasteiger partial charge in [-0.15, -0.1) is 0 Å². The standard InChI is InChI=1S/C13H14N2O5/c1-20-13(19)8-5-15-9-3-2-6(4-7(8)9)10(16)11(17)12(14)18/h2-5,10-11,15-17H,1H3,(H2,14,18). The van der Waals surface area contributed by atoms with Crippen molar-refractivity contribution in [2.24, 2.45) is 5.73 Å². The first-order chi connectivity index (χ1) is 9.45. The average molecular weight is 278 g/mol. The zero-order valence-corrected chi connectivity index (χ0v) is 10.7. The topological polar surface area (TPSA) is 126 Å². The number of aliphatic hydroxyl groups is 2. The zero-order valence-electron chi connectivity index (χ0n) is 10.7. The summed E-state index contributed by atoms with van der Waals surface area (Å²) in [5.74, 6) is -1.56. The summed E-state index contributed by atoms with van der Waals surface area (Å²) in [4.78, 5) is 25.3. The van der Waals surface area contributed by atoms with E-state index in [9.17, 15) is 19.8 Å². The smallest absolute Gasteiger partial charge is 0.340 e. The molecule has 1 aromatic carbocycles. The van der Waals surface area contributed by atoms with Crippen molar-refractivity contribution in [3.8, 4) is 0 Å². The van der Waals surface area contributed by atoms with Crippen LogP contribution in [0.4, 0.5) is 0 Å². The molecule has 0 aliphatic rings. The third-order valence-corrected chi connectivity index (χ3v) is 3.04. The number of carbonyl (C=O) groups is 2. The van der Waals surface area contributed by atoms with E-state index in [1.54, 1.807) is 6.07 Å². The van der Waals surface area contributed by atoms with Crippen molar-refractivity contribution in [2.45, 2.75) is 12.2 Å². The van der Waals surface area contributed by atoms with Crippen LogP contribution in [0.1, 0.15) is 22.0 Å². The lowest BCUT2D eigenvalue weighted by Crippen LogP contribution is -2.33. The highest BCUT2D eigenvalue weighted by Crippen LogP contribution is 2.25. The van der Waals surface area contributed by atoms with Crippen molar-refractivity contribution < 1.29 is 24.5 Å². The van der Waals surface area contributed by atoms with Crippen molar-refractivity contribution in [3.63, 3.8) is 0 Å². The summed E-state index contributed by atoms with van der Waals surface area (Å²) in [6.45, 7) is 0. The molecule has 0 aliphatic carbocycles. The molecule has 0 fully saturated rings. The number of nitrogens with two attached hydrogens (primary N) is 1. The maximum atomic E-state index is 11.6. The number of aromatic amines is 1. The first-order valence-corrected chi connectivity index (χ1v) is 5.80. The molecule has 5 N–H and O–H groups in total. The molecule has 2 aromatic rings. The highest BCUT2D eigenvalue weighted by Gasteiger charge is 2.24. The number of carbonyl (C=O) groups excluding carboxylic acids is 2. The Morgan fingerprint density at radius 3 is 2.65 bits per heavy atom. The van der Waals surface area contributed by atoms with Crippen LogP contribution in [0.25, 0.3) is 10.9 Å². The minimum absolute atomic E-state index is 0.272. The summed E-state index contributed by atoms with van der Waals surface area (Å²) in [5.41, 5.74) is 6.17.